The number of hydrogen-bond acceptors (Lipinski definition) is 5. The standard InChI is InChI=1S/C21H20ClN3O4/c1-27-16-10-18(29-3)17(28-2)8-14(16)15-9-19(26)24-21-20(15)23-11-25(21)13-6-4-5-12(22)7-13/h4-8,10-11,15H,9H2,1-3H3,(H,24,26). The molecule has 0 spiro atoms. The Morgan fingerprint density at radius 3 is 2.48 bits per heavy atom. The number of rotatable bonds is 5. The predicted octanol–water partition coefficient (Wildman–Crippen LogP) is 4.03. The van der Waals surface area contributed by atoms with Gasteiger partial charge in [-0.2, -0.15) is 0 Å². The summed E-state index contributed by atoms with van der Waals surface area (Å²) in [6, 6.07) is 11.0. The molecule has 4 rings (SSSR count). The van der Waals surface area contributed by atoms with Crippen molar-refractivity contribution in [3.05, 3.63) is 59.0 Å². The molecule has 3 aromatic rings. The van der Waals surface area contributed by atoms with Crippen molar-refractivity contribution < 1.29 is 19.0 Å². The van der Waals surface area contributed by atoms with Gasteiger partial charge in [0, 0.05) is 34.7 Å². The number of carbonyl (C=O) groups excluding carboxylic acids is 1. The van der Waals surface area contributed by atoms with E-state index in [4.69, 9.17) is 25.8 Å². The predicted molar refractivity (Wildman–Crippen MR) is 110 cm³/mol. The van der Waals surface area contributed by atoms with Crippen LogP contribution >= 0.6 is 11.6 Å². The third-order valence-electron chi connectivity index (χ3n) is 4.97. The summed E-state index contributed by atoms with van der Waals surface area (Å²) in [5.41, 5.74) is 2.36. The van der Waals surface area contributed by atoms with Gasteiger partial charge in [-0.3, -0.25) is 9.36 Å². The van der Waals surface area contributed by atoms with Crippen LogP contribution in [0.2, 0.25) is 5.02 Å². The zero-order valence-electron chi connectivity index (χ0n) is 16.2. The third kappa shape index (κ3) is 3.38. The van der Waals surface area contributed by atoms with Gasteiger partial charge in [0.25, 0.3) is 0 Å². The Labute approximate surface area is 173 Å². The number of imidazole rings is 1. The van der Waals surface area contributed by atoms with Crippen molar-refractivity contribution in [2.45, 2.75) is 12.3 Å². The van der Waals surface area contributed by atoms with Gasteiger partial charge in [-0.15, -0.1) is 0 Å². The van der Waals surface area contributed by atoms with Gasteiger partial charge in [0.1, 0.15) is 17.9 Å². The van der Waals surface area contributed by atoms with E-state index in [9.17, 15) is 4.79 Å². The second-order valence-electron chi connectivity index (χ2n) is 6.58. The first-order valence-electron chi connectivity index (χ1n) is 8.98. The first-order chi connectivity index (χ1) is 14.0. The molecule has 150 valence electrons. The lowest BCUT2D eigenvalue weighted by Crippen LogP contribution is -2.25. The Balaban J connectivity index is 1.86. The Bertz CT molecular complexity index is 1080. The van der Waals surface area contributed by atoms with Crippen molar-refractivity contribution >= 4 is 23.3 Å². The van der Waals surface area contributed by atoms with Crippen molar-refractivity contribution in [3.8, 4) is 22.9 Å². The molecular formula is C21H20ClN3O4. The van der Waals surface area contributed by atoms with E-state index in [1.807, 2.05) is 28.8 Å². The number of fused-ring (bicyclic) bond motifs is 1. The van der Waals surface area contributed by atoms with Crippen molar-refractivity contribution in [2.75, 3.05) is 26.6 Å². The van der Waals surface area contributed by atoms with E-state index in [1.165, 1.54) is 0 Å². The maximum atomic E-state index is 12.6. The van der Waals surface area contributed by atoms with Gasteiger partial charge >= 0.3 is 0 Å². The molecule has 1 aliphatic rings. The molecule has 0 aliphatic carbocycles. The highest BCUT2D eigenvalue weighted by molar-refractivity contribution is 6.30. The number of methoxy groups -OCH3 is 3. The quantitative estimate of drug-likeness (QED) is 0.683. The van der Waals surface area contributed by atoms with Crippen LogP contribution in [0.3, 0.4) is 0 Å². The molecule has 0 bridgehead atoms. The number of carbonyl (C=O) groups is 1. The Hall–Kier alpha value is -3.19. The molecule has 0 fully saturated rings. The van der Waals surface area contributed by atoms with Crippen molar-refractivity contribution in [1.29, 1.82) is 0 Å². The molecule has 29 heavy (non-hydrogen) atoms. The van der Waals surface area contributed by atoms with Crippen LogP contribution in [0.15, 0.2) is 42.7 Å². The highest BCUT2D eigenvalue weighted by Gasteiger charge is 2.33. The minimum Gasteiger partial charge on any atom is -0.496 e. The zero-order chi connectivity index (χ0) is 20.5. The number of anilines is 1. The van der Waals surface area contributed by atoms with Crippen LogP contribution in [0.25, 0.3) is 5.69 Å². The van der Waals surface area contributed by atoms with E-state index in [0.717, 1.165) is 16.9 Å². The van der Waals surface area contributed by atoms with E-state index in [1.54, 1.807) is 39.8 Å². The fourth-order valence-electron chi connectivity index (χ4n) is 3.61. The van der Waals surface area contributed by atoms with Crippen LogP contribution in [0.5, 0.6) is 17.2 Å². The summed E-state index contributed by atoms with van der Waals surface area (Å²) in [7, 11) is 4.72. The number of nitrogens with one attached hydrogen (secondary N) is 1. The molecule has 1 aliphatic heterocycles. The molecule has 0 saturated carbocycles. The topological polar surface area (TPSA) is 74.6 Å². The summed E-state index contributed by atoms with van der Waals surface area (Å²) < 4.78 is 18.2. The minimum absolute atomic E-state index is 0.108. The summed E-state index contributed by atoms with van der Waals surface area (Å²) in [5, 5.41) is 3.54. The van der Waals surface area contributed by atoms with Crippen LogP contribution in [0, 0.1) is 0 Å². The van der Waals surface area contributed by atoms with Crippen molar-refractivity contribution in [3.63, 3.8) is 0 Å². The number of benzene rings is 2. The van der Waals surface area contributed by atoms with Gasteiger partial charge < -0.3 is 19.5 Å². The van der Waals surface area contributed by atoms with Gasteiger partial charge in [0.05, 0.1) is 27.0 Å². The number of halogens is 1. The highest BCUT2D eigenvalue weighted by atomic mass is 35.5. The first-order valence-corrected chi connectivity index (χ1v) is 9.36. The maximum Gasteiger partial charge on any atom is 0.226 e. The smallest absolute Gasteiger partial charge is 0.226 e. The Kier molecular flexibility index (Phi) is 5.07. The summed E-state index contributed by atoms with van der Waals surface area (Å²) >= 11 is 6.14. The molecule has 1 atom stereocenters. The summed E-state index contributed by atoms with van der Waals surface area (Å²) in [6.07, 6.45) is 1.92. The van der Waals surface area contributed by atoms with Crippen LogP contribution in [0.4, 0.5) is 5.82 Å². The van der Waals surface area contributed by atoms with Gasteiger partial charge in [-0.25, -0.2) is 4.98 Å². The van der Waals surface area contributed by atoms with E-state index < -0.39 is 0 Å². The minimum atomic E-state index is -0.297. The van der Waals surface area contributed by atoms with Crippen LogP contribution < -0.4 is 19.5 Å². The monoisotopic (exact) mass is 413 g/mol. The van der Waals surface area contributed by atoms with Crippen LogP contribution in [-0.2, 0) is 4.79 Å². The SMILES string of the molecule is COc1cc(OC)c(C2CC(=O)Nc3c2ncn3-c2cccc(Cl)c2)cc1OC. The lowest BCUT2D eigenvalue weighted by molar-refractivity contribution is -0.116. The van der Waals surface area contributed by atoms with E-state index in [0.29, 0.717) is 28.1 Å². The normalized spacial score (nSPS) is 15.4. The molecule has 2 heterocycles. The fraction of sp³-hybridized carbons (Fsp3) is 0.238. The number of hydrogen-bond donors (Lipinski definition) is 1. The summed E-state index contributed by atoms with van der Waals surface area (Å²) in [5.74, 6) is 1.93. The molecule has 1 N–H and O–H groups in total. The lowest BCUT2D eigenvalue weighted by Gasteiger charge is -2.25. The van der Waals surface area contributed by atoms with Gasteiger partial charge in [-0.1, -0.05) is 17.7 Å². The molecular weight excluding hydrogens is 394 g/mol. The average molecular weight is 414 g/mol. The third-order valence-corrected chi connectivity index (χ3v) is 5.21. The number of amides is 1. The Morgan fingerprint density at radius 1 is 1.07 bits per heavy atom. The summed E-state index contributed by atoms with van der Waals surface area (Å²) in [6.45, 7) is 0. The van der Waals surface area contributed by atoms with Gasteiger partial charge in [0.2, 0.25) is 5.91 Å². The van der Waals surface area contributed by atoms with E-state index in [2.05, 4.69) is 10.3 Å². The zero-order valence-corrected chi connectivity index (χ0v) is 17.0. The lowest BCUT2D eigenvalue weighted by atomic mass is 9.88. The number of ether oxygens (including phenoxy) is 3. The molecule has 0 saturated heterocycles. The molecule has 8 heteroatoms. The molecule has 1 unspecified atom stereocenters. The second-order valence-corrected chi connectivity index (χ2v) is 7.02. The van der Waals surface area contributed by atoms with E-state index >= 15 is 0 Å². The molecule has 7 nitrogen and oxygen atoms in total. The summed E-state index contributed by atoms with van der Waals surface area (Å²) in [4.78, 5) is 17.2. The second kappa shape index (κ2) is 7.67. The average Bonchev–Trinajstić information content (AvgIpc) is 3.15. The van der Waals surface area contributed by atoms with Crippen molar-refractivity contribution in [2.24, 2.45) is 0 Å². The first kappa shape index (κ1) is 19.1. The molecule has 1 aromatic heterocycles. The largest absolute Gasteiger partial charge is 0.496 e. The number of nitrogens with zero attached hydrogens (tertiary/aromatic N) is 2. The van der Waals surface area contributed by atoms with Gasteiger partial charge in [-0.05, 0) is 24.3 Å². The maximum absolute atomic E-state index is 12.6. The van der Waals surface area contributed by atoms with Crippen molar-refractivity contribution in [1.82, 2.24) is 9.55 Å². The highest BCUT2D eigenvalue weighted by Crippen LogP contribution is 2.44. The molecule has 2 aromatic carbocycles. The van der Waals surface area contributed by atoms with E-state index in [-0.39, 0.29) is 18.2 Å². The van der Waals surface area contributed by atoms with Crippen LogP contribution in [-0.4, -0.2) is 36.8 Å². The fourth-order valence-corrected chi connectivity index (χ4v) is 3.80. The Morgan fingerprint density at radius 2 is 1.79 bits per heavy atom. The molecule has 0 radical (unpaired) electrons. The number of aromatic nitrogens is 2. The van der Waals surface area contributed by atoms with Crippen LogP contribution in [0.1, 0.15) is 23.6 Å². The van der Waals surface area contributed by atoms with Gasteiger partial charge in [0.15, 0.2) is 11.5 Å². The molecule has 1 amide bonds.